The molecule has 0 N–H and O–H groups in total. The van der Waals surface area contributed by atoms with Gasteiger partial charge in [0, 0.05) is 17.6 Å². The van der Waals surface area contributed by atoms with Gasteiger partial charge in [-0.1, -0.05) is 103 Å². The van der Waals surface area contributed by atoms with E-state index in [1.807, 2.05) is 0 Å². The van der Waals surface area contributed by atoms with Crippen LogP contribution in [0.25, 0.3) is 10.9 Å². The molecule has 1 heterocycles. The molecule has 3 rings (SSSR count). The lowest BCUT2D eigenvalue weighted by atomic mass is 10.0. The standard InChI is InChI=1S/C34H48FNO4S2/c1-3-4-5-6-7-8-9-10-11-12-13-14-15-16-17-18-23-40-34-22-20-30(26-32(34)35)42(38,39)31-25-28-24-29(41(2)37)19-21-33(28)36-27-31/h19-22,24-27H,3-18,23H2,1-2H3. The largest absolute Gasteiger partial charge is 0.612 e. The van der Waals surface area contributed by atoms with Gasteiger partial charge in [0.1, 0.15) is 6.26 Å². The molecule has 0 saturated carbocycles. The van der Waals surface area contributed by atoms with E-state index in [4.69, 9.17) is 4.74 Å². The highest BCUT2D eigenvalue weighted by Gasteiger charge is 2.21. The van der Waals surface area contributed by atoms with Crippen LogP contribution in [0, 0.1) is 5.82 Å². The number of unbranched alkanes of at least 4 members (excludes halogenated alkanes) is 15. The Hall–Kier alpha value is -2.16. The van der Waals surface area contributed by atoms with Crippen LogP contribution < -0.4 is 4.74 Å². The normalized spacial score (nSPS) is 12.6. The molecular formula is C34H48FNO4S2. The van der Waals surface area contributed by atoms with E-state index >= 15 is 0 Å². The Bertz CT molecular complexity index is 1330. The third-order valence-electron chi connectivity index (χ3n) is 7.74. The first-order valence-electron chi connectivity index (χ1n) is 15.7. The van der Waals surface area contributed by atoms with Crippen LogP contribution in [0.3, 0.4) is 0 Å². The van der Waals surface area contributed by atoms with Crippen LogP contribution in [0.5, 0.6) is 5.75 Å². The number of halogens is 1. The van der Waals surface area contributed by atoms with E-state index in [9.17, 15) is 17.4 Å². The van der Waals surface area contributed by atoms with E-state index in [1.54, 1.807) is 24.5 Å². The van der Waals surface area contributed by atoms with Gasteiger partial charge in [0.05, 0.1) is 21.9 Å². The molecular weight excluding hydrogens is 570 g/mol. The quantitative estimate of drug-likeness (QED) is 0.0878. The maximum absolute atomic E-state index is 14.8. The smallest absolute Gasteiger partial charge is 0.208 e. The summed E-state index contributed by atoms with van der Waals surface area (Å²) in [4.78, 5) is 4.60. The zero-order valence-electron chi connectivity index (χ0n) is 25.4. The summed E-state index contributed by atoms with van der Waals surface area (Å²) in [5, 5.41) is 0.558. The van der Waals surface area contributed by atoms with E-state index in [2.05, 4.69) is 11.9 Å². The lowest BCUT2D eigenvalue weighted by Gasteiger charge is -2.10. The van der Waals surface area contributed by atoms with Gasteiger partial charge in [0.2, 0.25) is 9.84 Å². The maximum atomic E-state index is 14.8. The van der Waals surface area contributed by atoms with Crippen LogP contribution in [-0.2, 0) is 21.0 Å². The minimum atomic E-state index is -3.99. The van der Waals surface area contributed by atoms with E-state index < -0.39 is 26.8 Å². The highest BCUT2D eigenvalue weighted by atomic mass is 32.2. The number of rotatable bonds is 21. The molecule has 2 aromatic carbocycles. The number of hydrogen-bond acceptors (Lipinski definition) is 5. The predicted molar refractivity (Wildman–Crippen MR) is 171 cm³/mol. The van der Waals surface area contributed by atoms with Crippen molar-refractivity contribution >= 4 is 31.9 Å². The Labute approximate surface area is 255 Å². The zero-order chi connectivity index (χ0) is 30.2. The summed E-state index contributed by atoms with van der Waals surface area (Å²) >= 11 is -1.21. The van der Waals surface area contributed by atoms with Gasteiger partial charge in [-0.15, -0.1) is 0 Å². The first-order valence-corrected chi connectivity index (χ1v) is 18.8. The molecule has 0 amide bonds. The van der Waals surface area contributed by atoms with E-state index in [0.29, 0.717) is 22.4 Å². The second-order valence-corrected chi connectivity index (χ2v) is 14.6. The molecule has 0 aliphatic heterocycles. The van der Waals surface area contributed by atoms with Crippen molar-refractivity contribution in [1.82, 2.24) is 4.98 Å². The van der Waals surface area contributed by atoms with Crippen molar-refractivity contribution < 1.29 is 22.1 Å². The second-order valence-electron chi connectivity index (χ2n) is 11.2. The summed E-state index contributed by atoms with van der Waals surface area (Å²) in [6.45, 7) is 2.66. The summed E-state index contributed by atoms with van der Waals surface area (Å²) < 4.78 is 58.5. The highest BCUT2D eigenvalue weighted by molar-refractivity contribution is 7.91. The number of fused-ring (bicyclic) bond motifs is 1. The van der Waals surface area contributed by atoms with Crippen molar-refractivity contribution in [3.63, 3.8) is 0 Å². The molecule has 3 aromatic rings. The van der Waals surface area contributed by atoms with Crippen LogP contribution in [0.4, 0.5) is 4.39 Å². The topological polar surface area (TPSA) is 79.3 Å². The molecule has 0 radical (unpaired) electrons. The fourth-order valence-corrected chi connectivity index (χ4v) is 6.95. The molecule has 0 fully saturated rings. The van der Waals surface area contributed by atoms with E-state index in [1.165, 1.54) is 108 Å². The van der Waals surface area contributed by atoms with Crippen molar-refractivity contribution in [2.24, 2.45) is 0 Å². The first-order chi connectivity index (χ1) is 20.3. The Balaban J connectivity index is 1.33. The Kier molecular flexibility index (Phi) is 15.1. The van der Waals surface area contributed by atoms with Crippen molar-refractivity contribution in [1.29, 1.82) is 0 Å². The number of pyridine rings is 1. The molecule has 0 bridgehead atoms. The molecule has 1 aromatic heterocycles. The minimum absolute atomic E-state index is 0.0460. The van der Waals surface area contributed by atoms with Crippen LogP contribution >= 0.6 is 0 Å². The summed E-state index contributed by atoms with van der Waals surface area (Å²) in [6, 6.07) is 10.3. The third kappa shape index (κ3) is 11.2. The second kappa shape index (κ2) is 18.5. The van der Waals surface area contributed by atoms with Crippen LogP contribution in [0.2, 0.25) is 0 Å². The van der Waals surface area contributed by atoms with Gasteiger partial charge in [-0.3, -0.25) is 4.98 Å². The summed E-state index contributed by atoms with van der Waals surface area (Å²) in [7, 11) is -3.99. The van der Waals surface area contributed by atoms with Gasteiger partial charge in [-0.25, -0.2) is 12.8 Å². The lowest BCUT2D eigenvalue weighted by Crippen LogP contribution is -2.05. The molecule has 0 aliphatic carbocycles. The average molecular weight is 618 g/mol. The number of ether oxygens (including phenoxy) is 1. The van der Waals surface area contributed by atoms with Gasteiger partial charge < -0.3 is 9.29 Å². The molecule has 8 heteroatoms. The molecule has 0 aliphatic rings. The van der Waals surface area contributed by atoms with Gasteiger partial charge in [0.25, 0.3) is 0 Å². The van der Waals surface area contributed by atoms with Crippen molar-refractivity contribution in [3.05, 3.63) is 54.5 Å². The summed E-state index contributed by atoms with van der Waals surface area (Å²) in [6.07, 6.45) is 23.4. The number of aromatic nitrogens is 1. The van der Waals surface area contributed by atoms with Gasteiger partial charge in [0.15, 0.2) is 16.5 Å². The molecule has 42 heavy (non-hydrogen) atoms. The number of nitrogens with zero attached hydrogens (tertiary/aromatic N) is 1. The summed E-state index contributed by atoms with van der Waals surface area (Å²) in [5.41, 5.74) is 0.590. The van der Waals surface area contributed by atoms with Gasteiger partial charge in [-0.05, 0) is 54.0 Å². The van der Waals surface area contributed by atoms with Crippen molar-refractivity contribution in [2.45, 2.75) is 124 Å². The molecule has 232 valence electrons. The Morgan fingerprint density at radius 1 is 0.762 bits per heavy atom. The molecule has 5 nitrogen and oxygen atoms in total. The first kappa shape index (κ1) is 34.3. The maximum Gasteiger partial charge on any atom is 0.208 e. The highest BCUT2D eigenvalue weighted by Crippen LogP contribution is 2.28. The fourth-order valence-electron chi connectivity index (χ4n) is 5.15. The third-order valence-corrected chi connectivity index (χ3v) is 10.4. The van der Waals surface area contributed by atoms with Crippen LogP contribution in [0.1, 0.15) is 110 Å². The predicted octanol–water partition coefficient (Wildman–Crippen LogP) is 9.58. The van der Waals surface area contributed by atoms with Crippen LogP contribution in [-0.4, -0.2) is 30.8 Å². The average Bonchev–Trinajstić information content (AvgIpc) is 2.98. The van der Waals surface area contributed by atoms with E-state index in [-0.39, 0.29) is 15.5 Å². The van der Waals surface area contributed by atoms with Gasteiger partial charge >= 0.3 is 0 Å². The SMILES string of the molecule is CCCCCCCCCCCCCCCCCCOc1ccc(S(=O)(=O)c2cnc3ccc([S+](C)[O-])cc3c2)cc1F. The molecule has 0 spiro atoms. The Morgan fingerprint density at radius 3 is 1.88 bits per heavy atom. The zero-order valence-corrected chi connectivity index (χ0v) is 27.0. The number of sulfone groups is 1. The van der Waals surface area contributed by atoms with E-state index in [0.717, 1.165) is 25.3 Å². The van der Waals surface area contributed by atoms with Crippen molar-refractivity contribution in [3.8, 4) is 5.75 Å². The summed E-state index contributed by atoms with van der Waals surface area (Å²) in [5.74, 6) is -0.647. The molecule has 1 unspecified atom stereocenters. The Morgan fingerprint density at radius 2 is 1.33 bits per heavy atom. The minimum Gasteiger partial charge on any atom is -0.612 e. The monoisotopic (exact) mass is 617 g/mol. The molecule has 1 atom stereocenters. The fraction of sp³-hybridized carbons (Fsp3) is 0.559. The van der Waals surface area contributed by atoms with Crippen molar-refractivity contribution in [2.75, 3.05) is 12.9 Å². The van der Waals surface area contributed by atoms with Crippen LogP contribution in [0.15, 0.2) is 63.3 Å². The lowest BCUT2D eigenvalue weighted by molar-refractivity contribution is 0.289. The van der Waals surface area contributed by atoms with Gasteiger partial charge in [-0.2, -0.15) is 0 Å². The molecule has 0 saturated heterocycles. The number of benzene rings is 2. The number of hydrogen-bond donors (Lipinski definition) is 0.